The van der Waals surface area contributed by atoms with Crippen LogP contribution in [-0.4, -0.2) is 17.2 Å². The number of rotatable bonds is 2. The lowest BCUT2D eigenvalue weighted by Crippen LogP contribution is -2.18. The smallest absolute Gasteiger partial charge is 0.342 e. The highest BCUT2D eigenvalue weighted by Crippen LogP contribution is 2.22. The summed E-state index contributed by atoms with van der Waals surface area (Å²) in [4.78, 5) is 12.2. The second kappa shape index (κ2) is 9.50. The molecule has 0 bridgehead atoms. The van der Waals surface area contributed by atoms with Crippen LogP contribution in [0, 0.1) is 0 Å². The van der Waals surface area contributed by atoms with Crippen LogP contribution < -0.4 is 0 Å². The predicted octanol–water partition coefficient (Wildman–Crippen LogP) is 5.22. The number of hydrogen-bond acceptors (Lipinski definition) is 3. The molecule has 0 aromatic heterocycles. The zero-order valence-corrected chi connectivity index (χ0v) is 13.4. The largest absolute Gasteiger partial charge is 0.507 e. The van der Waals surface area contributed by atoms with Crippen LogP contribution in [-0.2, 0) is 4.74 Å². The summed E-state index contributed by atoms with van der Waals surface area (Å²) in [5.74, 6) is -0.393. The molecule has 0 atom stereocenters. The van der Waals surface area contributed by atoms with Gasteiger partial charge in [-0.25, -0.2) is 4.79 Å². The van der Waals surface area contributed by atoms with Gasteiger partial charge in [-0.05, 0) is 37.8 Å². The maximum absolute atomic E-state index is 12.2. The fourth-order valence-electron chi connectivity index (χ4n) is 3.10. The lowest BCUT2D eigenvalue weighted by atomic mass is 9.99. The van der Waals surface area contributed by atoms with Crippen LogP contribution in [0.15, 0.2) is 24.3 Å². The Bertz CT molecular complexity index is 444. The zero-order chi connectivity index (χ0) is 15.6. The molecule has 122 valence electrons. The molecule has 1 aliphatic rings. The van der Waals surface area contributed by atoms with Gasteiger partial charge >= 0.3 is 5.97 Å². The van der Waals surface area contributed by atoms with E-state index < -0.39 is 5.97 Å². The Morgan fingerprint density at radius 1 is 0.864 bits per heavy atom. The van der Waals surface area contributed by atoms with Crippen LogP contribution in [0.25, 0.3) is 0 Å². The van der Waals surface area contributed by atoms with Crippen LogP contribution in [0.5, 0.6) is 5.75 Å². The number of phenols is 1. The molecule has 0 aliphatic heterocycles. The van der Waals surface area contributed by atoms with Gasteiger partial charge in [0.1, 0.15) is 17.4 Å². The molecule has 1 saturated carbocycles. The third kappa shape index (κ3) is 5.70. The lowest BCUT2D eigenvalue weighted by Gasteiger charge is -2.19. The van der Waals surface area contributed by atoms with Crippen LogP contribution in [0.2, 0.25) is 0 Å². The molecule has 0 heterocycles. The maximum Gasteiger partial charge on any atom is 0.342 e. The number of esters is 1. The Labute approximate surface area is 133 Å². The van der Waals surface area contributed by atoms with E-state index >= 15 is 0 Å². The molecule has 1 aromatic rings. The lowest BCUT2D eigenvalue weighted by molar-refractivity contribution is 0.0245. The van der Waals surface area contributed by atoms with Crippen molar-refractivity contribution >= 4 is 5.97 Å². The van der Waals surface area contributed by atoms with E-state index in [1.165, 1.54) is 51.0 Å². The first-order valence-corrected chi connectivity index (χ1v) is 8.76. The molecule has 1 aromatic carbocycles. The van der Waals surface area contributed by atoms with E-state index in [2.05, 4.69) is 0 Å². The minimum atomic E-state index is -0.393. The second-order valence-corrected chi connectivity index (χ2v) is 6.30. The summed E-state index contributed by atoms with van der Waals surface area (Å²) in [6.07, 6.45) is 13.2. The number of hydrogen-bond donors (Lipinski definition) is 1. The molecule has 1 fully saturated rings. The standard InChI is InChI=1S/C19H28O3/c20-18-15-11-10-14-17(18)19(21)22-16-12-8-6-4-2-1-3-5-7-9-13-16/h10-11,14-16,20H,1-9,12-13H2. The summed E-state index contributed by atoms with van der Waals surface area (Å²) < 4.78 is 5.66. The van der Waals surface area contributed by atoms with Gasteiger partial charge in [-0.3, -0.25) is 0 Å². The Kier molecular flexibility index (Phi) is 7.27. The Morgan fingerprint density at radius 2 is 1.36 bits per heavy atom. The molecule has 3 heteroatoms. The number of phenolic OH excluding ortho intramolecular Hbond substituents is 1. The summed E-state index contributed by atoms with van der Waals surface area (Å²) in [7, 11) is 0. The fourth-order valence-corrected chi connectivity index (χ4v) is 3.10. The highest BCUT2D eigenvalue weighted by atomic mass is 16.5. The molecule has 0 spiro atoms. The molecule has 0 amide bonds. The van der Waals surface area contributed by atoms with Crippen molar-refractivity contribution in [3.05, 3.63) is 29.8 Å². The van der Waals surface area contributed by atoms with E-state index in [1.54, 1.807) is 18.2 Å². The number of para-hydroxylation sites is 1. The van der Waals surface area contributed by atoms with E-state index in [0.29, 0.717) is 0 Å². The van der Waals surface area contributed by atoms with E-state index in [4.69, 9.17) is 4.74 Å². The van der Waals surface area contributed by atoms with Crippen molar-refractivity contribution in [2.75, 3.05) is 0 Å². The minimum Gasteiger partial charge on any atom is -0.507 e. The molecule has 22 heavy (non-hydrogen) atoms. The van der Waals surface area contributed by atoms with Crippen molar-refractivity contribution < 1.29 is 14.6 Å². The fraction of sp³-hybridized carbons (Fsp3) is 0.632. The van der Waals surface area contributed by atoms with Crippen molar-refractivity contribution in [1.29, 1.82) is 0 Å². The third-order valence-corrected chi connectivity index (χ3v) is 4.45. The van der Waals surface area contributed by atoms with Crippen molar-refractivity contribution in [3.63, 3.8) is 0 Å². The summed E-state index contributed by atoms with van der Waals surface area (Å²) in [5.41, 5.74) is 0.272. The molecule has 0 radical (unpaired) electrons. The van der Waals surface area contributed by atoms with Crippen molar-refractivity contribution in [1.82, 2.24) is 0 Å². The number of carbonyl (C=O) groups is 1. The van der Waals surface area contributed by atoms with Gasteiger partial charge in [0.2, 0.25) is 0 Å². The molecule has 0 unspecified atom stereocenters. The molecule has 0 saturated heterocycles. The minimum absolute atomic E-state index is 0.000606. The molecule has 2 rings (SSSR count). The van der Waals surface area contributed by atoms with Crippen LogP contribution in [0.1, 0.15) is 81.0 Å². The Balaban J connectivity index is 1.89. The highest BCUT2D eigenvalue weighted by Gasteiger charge is 2.18. The topological polar surface area (TPSA) is 46.5 Å². The van der Waals surface area contributed by atoms with Gasteiger partial charge in [-0.2, -0.15) is 0 Å². The first-order chi connectivity index (χ1) is 10.8. The highest BCUT2D eigenvalue weighted by molar-refractivity contribution is 5.92. The summed E-state index contributed by atoms with van der Waals surface area (Å²) >= 11 is 0. The summed E-state index contributed by atoms with van der Waals surface area (Å²) in [6.45, 7) is 0. The maximum atomic E-state index is 12.2. The molecule has 1 N–H and O–H groups in total. The van der Waals surface area contributed by atoms with Crippen molar-refractivity contribution in [2.45, 2.75) is 76.7 Å². The van der Waals surface area contributed by atoms with Crippen LogP contribution in [0.3, 0.4) is 0 Å². The quantitative estimate of drug-likeness (QED) is 0.762. The van der Waals surface area contributed by atoms with Gasteiger partial charge in [0.25, 0.3) is 0 Å². The summed E-state index contributed by atoms with van der Waals surface area (Å²) in [5, 5.41) is 9.76. The first kappa shape index (κ1) is 16.9. The van der Waals surface area contributed by atoms with E-state index in [9.17, 15) is 9.90 Å². The van der Waals surface area contributed by atoms with Gasteiger partial charge in [0, 0.05) is 0 Å². The monoisotopic (exact) mass is 304 g/mol. The number of benzene rings is 1. The van der Waals surface area contributed by atoms with Crippen molar-refractivity contribution in [3.8, 4) is 5.75 Å². The van der Waals surface area contributed by atoms with E-state index in [1.807, 2.05) is 0 Å². The number of carbonyl (C=O) groups excluding carboxylic acids is 1. The van der Waals surface area contributed by atoms with Gasteiger partial charge in [0.05, 0.1) is 0 Å². The number of ether oxygens (including phenoxy) is 1. The normalized spacial score (nSPS) is 18.9. The van der Waals surface area contributed by atoms with Gasteiger partial charge in [-0.1, -0.05) is 57.1 Å². The number of aromatic hydroxyl groups is 1. The van der Waals surface area contributed by atoms with Gasteiger partial charge in [-0.15, -0.1) is 0 Å². The van der Waals surface area contributed by atoms with Crippen LogP contribution >= 0.6 is 0 Å². The van der Waals surface area contributed by atoms with Crippen molar-refractivity contribution in [2.24, 2.45) is 0 Å². The Morgan fingerprint density at radius 3 is 1.91 bits per heavy atom. The van der Waals surface area contributed by atoms with E-state index in [0.717, 1.165) is 25.7 Å². The molecular formula is C19H28O3. The first-order valence-electron chi connectivity index (χ1n) is 8.76. The predicted molar refractivity (Wildman–Crippen MR) is 88.1 cm³/mol. The van der Waals surface area contributed by atoms with Crippen LogP contribution in [0.4, 0.5) is 0 Å². The van der Waals surface area contributed by atoms with Gasteiger partial charge in [0.15, 0.2) is 0 Å². The zero-order valence-electron chi connectivity index (χ0n) is 13.4. The van der Waals surface area contributed by atoms with Gasteiger partial charge < -0.3 is 9.84 Å². The molecule has 3 nitrogen and oxygen atoms in total. The SMILES string of the molecule is O=C(OC1CCCCCCCCCCC1)c1ccccc1O. The molecule has 1 aliphatic carbocycles. The third-order valence-electron chi connectivity index (χ3n) is 4.45. The summed E-state index contributed by atoms with van der Waals surface area (Å²) in [6, 6.07) is 6.60. The van der Waals surface area contributed by atoms with E-state index in [-0.39, 0.29) is 17.4 Å². The average Bonchev–Trinajstić information content (AvgIpc) is 2.50. The Hall–Kier alpha value is -1.51. The second-order valence-electron chi connectivity index (χ2n) is 6.30. The molecular weight excluding hydrogens is 276 g/mol. The average molecular weight is 304 g/mol.